The van der Waals surface area contributed by atoms with E-state index in [4.69, 9.17) is 5.73 Å². The minimum absolute atomic E-state index is 0.0648. The maximum Gasteiger partial charge on any atom is 0.275 e. The van der Waals surface area contributed by atoms with Crippen molar-refractivity contribution in [3.8, 4) is 0 Å². The van der Waals surface area contributed by atoms with Gasteiger partial charge < -0.3 is 31.5 Å². The van der Waals surface area contributed by atoms with Crippen LogP contribution >= 0.6 is 0 Å². The molecule has 2 atom stereocenters. The summed E-state index contributed by atoms with van der Waals surface area (Å²) in [5.74, 6) is -2.48. The molecule has 1 aromatic rings. The number of hydrogen-bond donors (Lipinski definition) is 5. The molecule has 1 saturated heterocycles. The zero-order valence-electron chi connectivity index (χ0n) is 14.4. The van der Waals surface area contributed by atoms with E-state index in [9.17, 15) is 24.6 Å². The van der Waals surface area contributed by atoms with Crippen LogP contribution in [0.25, 0.3) is 0 Å². The molecule has 0 aliphatic carbocycles. The summed E-state index contributed by atoms with van der Waals surface area (Å²) in [4.78, 5) is 37.6. The van der Waals surface area contributed by atoms with E-state index < -0.39 is 36.0 Å². The third-order valence-corrected chi connectivity index (χ3v) is 4.13. The van der Waals surface area contributed by atoms with E-state index in [-0.39, 0.29) is 6.42 Å². The Hall–Kier alpha value is -2.49. The summed E-state index contributed by atoms with van der Waals surface area (Å²) >= 11 is 0. The second-order valence-electron chi connectivity index (χ2n) is 6.24. The minimum Gasteiger partial charge on any atom is -0.383 e. The molecule has 0 bridgehead atoms. The highest BCUT2D eigenvalue weighted by atomic mass is 16.3. The molecular weight excluding hydrogens is 340 g/mol. The second kappa shape index (κ2) is 8.75. The largest absolute Gasteiger partial charge is 0.383 e. The Morgan fingerprint density at radius 2 is 1.85 bits per heavy atom. The van der Waals surface area contributed by atoms with Gasteiger partial charge in [0.15, 0.2) is 0 Å². The van der Waals surface area contributed by atoms with Crippen molar-refractivity contribution in [3.05, 3.63) is 35.9 Å². The molecule has 1 aliphatic rings. The predicted octanol–water partition coefficient (Wildman–Crippen LogP) is -2.30. The Bertz CT molecular complexity index is 648. The van der Waals surface area contributed by atoms with Crippen molar-refractivity contribution in [2.75, 3.05) is 26.2 Å². The van der Waals surface area contributed by atoms with Gasteiger partial charge in [-0.05, 0) is 5.56 Å². The topological polar surface area (TPSA) is 145 Å². The third kappa shape index (κ3) is 5.25. The van der Waals surface area contributed by atoms with Gasteiger partial charge in [-0.2, -0.15) is 0 Å². The first-order valence-electron chi connectivity index (χ1n) is 8.36. The van der Waals surface area contributed by atoms with Gasteiger partial charge in [0.25, 0.3) is 5.91 Å². The molecule has 0 radical (unpaired) electrons. The monoisotopic (exact) mass is 364 g/mol. The Balaban J connectivity index is 2.14. The quantitative estimate of drug-likeness (QED) is 0.344. The molecule has 6 N–H and O–H groups in total. The van der Waals surface area contributed by atoms with Crippen LogP contribution in [0.5, 0.6) is 0 Å². The van der Waals surface area contributed by atoms with Crippen molar-refractivity contribution in [3.63, 3.8) is 0 Å². The highest BCUT2D eigenvalue weighted by Crippen LogP contribution is 2.16. The maximum atomic E-state index is 12.7. The Morgan fingerprint density at radius 1 is 1.23 bits per heavy atom. The first-order chi connectivity index (χ1) is 12.3. The highest BCUT2D eigenvalue weighted by Gasteiger charge is 2.43. The van der Waals surface area contributed by atoms with Crippen LogP contribution < -0.4 is 16.4 Å². The fourth-order valence-electron chi connectivity index (χ4n) is 2.76. The zero-order chi connectivity index (χ0) is 19.2. The van der Waals surface area contributed by atoms with Crippen LogP contribution in [0, 0.1) is 0 Å². The molecule has 1 aliphatic heterocycles. The van der Waals surface area contributed by atoms with E-state index in [1.165, 1.54) is 4.90 Å². The molecule has 9 heteroatoms. The number of primary amides is 1. The number of carbonyl (C=O) groups is 3. The second-order valence-corrected chi connectivity index (χ2v) is 6.24. The molecule has 26 heavy (non-hydrogen) atoms. The first-order valence-corrected chi connectivity index (χ1v) is 8.36. The molecule has 1 unspecified atom stereocenters. The van der Waals surface area contributed by atoms with Crippen LogP contribution in [0.15, 0.2) is 30.3 Å². The number of nitrogens with one attached hydrogen (secondary N) is 2. The SMILES string of the molecule is NC(=O)C(O)C[C@](O)(NC(=O)Cc1ccccc1)C(=O)N1CCNCC1. The van der Waals surface area contributed by atoms with Crippen LogP contribution in [0.3, 0.4) is 0 Å². The average Bonchev–Trinajstić information content (AvgIpc) is 2.62. The summed E-state index contributed by atoms with van der Waals surface area (Å²) in [6, 6.07) is 8.79. The number of hydrogen-bond acceptors (Lipinski definition) is 6. The molecular formula is C17H24N4O5. The summed E-state index contributed by atoms with van der Waals surface area (Å²) in [6.45, 7) is 1.75. The third-order valence-electron chi connectivity index (χ3n) is 4.13. The summed E-state index contributed by atoms with van der Waals surface area (Å²) < 4.78 is 0. The molecule has 9 nitrogen and oxygen atoms in total. The number of benzene rings is 1. The molecule has 3 amide bonds. The summed E-state index contributed by atoms with van der Waals surface area (Å²) in [7, 11) is 0. The molecule has 1 heterocycles. The van der Waals surface area contributed by atoms with Gasteiger partial charge in [0.1, 0.15) is 6.10 Å². The number of nitrogens with zero attached hydrogens (tertiary/aromatic N) is 1. The summed E-state index contributed by atoms with van der Waals surface area (Å²) in [5, 5.41) is 25.9. The van der Waals surface area contributed by atoms with Crippen molar-refractivity contribution in [1.82, 2.24) is 15.5 Å². The molecule has 0 spiro atoms. The van der Waals surface area contributed by atoms with Gasteiger partial charge in [0, 0.05) is 32.6 Å². The van der Waals surface area contributed by atoms with E-state index in [0.717, 1.165) is 0 Å². The fourth-order valence-corrected chi connectivity index (χ4v) is 2.76. The van der Waals surface area contributed by atoms with Gasteiger partial charge in [0.2, 0.25) is 17.5 Å². The number of aliphatic hydroxyl groups is 2. The highest BCUT2D eigenvalue weighted by molar-refractivity contribution is 5.91. The summed E-state index contributed by atoms with van der Waals surface area (Å²) in [6.07, 6.45) is -2.56. The number of rotatable bonds is 7. The fraction of sp³-hybridized carbons (Fsp3) is 0.471. The van der Waals surface area contributed by atoms with Gasteiger partial charge in [-0.25, -0.2) is 0 Å². The van der Waals surface area contributed by atoms with Gasteiger partial charge >= 0.3 is 0 Å². The van der Waals surface area contributed by atoms with Crippen LogP contribution in [0.4, 0.5) is 0 Å². The van der Waals surface area contributed by atoms with Gasteiger partial charge in [0.05, 0.1) is 6.42 Å². The number of piperazine rings is 1. The van der Waals surface area contributed by atoms with Crippen LogP contribution in [-0.2, 0) is 20.8 Å². The number of aliphatic hydroxyl groups excluding tert-OH is 1. The van der Waals surface area contributed by atoms with Crippen molar-refractivity contribution in [2.24, 2.45) is 5.73 Å². The molecule has 1 fully saturated rings. The Labute approximate surface area is 151 Å². The lowest BCUT2D eigenvalue weighted by atomic mass is 10.0. The normalized spacial score (nSPS) is 17.8. The van der Waals surface area contributed by atoms with E-state index >= 15 is 0 Å². The Kier molecular flexibility index (Phi) is 6.67. The average molecular weight is 364 g/mol. The Morgan fingerprint density at radius 3 is 2.42 bits per heavy atom. The predicted molar refractivity (Wildman–Crippen MR) is 92.5 cm³/mol. The van der Waals surface area contributed by atoms with Gasteiger partial charge in [-0.1, -0.05) is 30.3 Å². The van der Waals surface area contributed by atoms with E-state index in [1.807, 2.05) is 0 Å². The number of carbonyl (C=O) groups excluding carboxylic acids is 3. The van der Waals surface area contributed by atoms with Crippen LogP contribution in [0.2, 0.25) is 0 Å². The number of amides is 3. The van der Waals surface area contributed by atoms with Gasteiger partial charge in [-0.3, -0.25) is 14.4 Å². The lowest BCUT2D eigenvalue weighted by Gasteiger charge is -2.36. The molecule has 0 saturated carbocycles. The smallest absolute Gasteiger partial charge is 0.275 e. The van der Waals surface area contributed by atoms with E-state index in [0.29, 0.717) is 31.7 Å². The molecule has 2 rings (SSSR count). The standard InChI is InChI=1S/C17H24N4O5/c18-15(24)13(22)11-17(26,16(25)21-8-6-19-7-9-21)20-14(23)10-12-4-2-1-3-5-12/h1-5,13,19,22,26H,6-11H2,(H2,18,24)(H,20,23)/t13?,17-/m1/s1. The lowest BCUT2D eigenvalue weighted by molar-refractivity contribution is -0.164. The van der Waals surface area contributed by atoms with Crippen molar-refractivity contribution in [2.45, 2.75) is 24.7 Å². The van der Waals surface area contributed by atoms with Crippen molar-refractivity contribution < 1.29 is 24.6 Å². The van der Waals surface area contributed by atoms with E-state index in [1.54, 1.807) is 30.3 Å². The lowest BCUT2D eigenvalue weighted by Crippen LogP contribution is -2.64. The zero-order valence-corrected chi connectivity index (χ0v) is 14.4. The van der Waals surface area contributed by atoms with Crippen LogP contribution in [-0.4, -0.2) is 70.8 Å². The van der Waals surface area contributed by atoms with Crippen LogP contribution in [0.1, 0.15) is 12.0 Å². The maximum absolute atomic E-state index is 12.7. The summed E-state index contributed by atoms with van der Waals surface area (Å²) in [5.41, 5.74) is 3.30. The van der Waals surface area contributed by atoms with Crippen molar-refractivity contribution in [1.29, 1.82) is 0 Å². The minimum atomic E-state index is -2.42. The molecule has 1 aromatic carbocycles. The van der Waals surface area contributed by atoms with Crippen molar-refractivity contribution >= 4 is 17.7 Å². The van der Waals surface area contributed by atoms with E-state index in [2.05, 4.69) is 10.6 Å². The number of nitrogens with two attached hydrogens (primary N) is 1. The van der Waals surface area contributed by atoms with Gasteiger partial charge in [-0.15, -0.1) is 0 Å². The molecule has 0 aromatic heterocycles. The first kappa shape index (κ1) is 19.8. The molecule has 142 valence electrons.